The summed E-state index contributed by atoms with van der Waals surface area (Å²) in [7, 11) is 1.28. The lowest BCUT2D eigenvalue weighted by Crippen LogP contribution is -2.21. The minimum absolute atomic E-state index is 0.00153. The van der Waals surface area contributed by atoms with Crippen LogP contribution in [0, 0.1) is 0 Å². The Labute approximate surface area is 196 Å². The first-order valence-corrected chi connectivity index (χ1v) is 11.3. The molecule has 2 heterocycles. The van der Waals surface area contributed by atoms with Gasteiger partial charge in [0.05, 0.1) is 12.7 Å². The van der Waals surface area contributed by atoms with Crippen LogP contribution in [0.25, 0.3) is 11.0 Å². The van der Waals surface area contributed by atoms with Crippen molar-refractivity contribution in [3.05, 3.63) is 97.1 Å². The Bertz CT molecular complexity index is 1380. The third kappa shape index (κ3) is 4.37. The van der Waals surface area contributed by atoms with Crippen LogP contribution in [0.2, 0.25) is 0 Å². The van der Waals surface area contributed by atoms with Gasteiger partial charge in [-0.05, 0) is 35.9 Å². The van der Waals surface area contributed by atoms with Gasteiger partial charge >= 0.3 is 11.6 Å². The van der Waals surface area contributed by atoms with Crippen molar-refractivity contribution >= 4 is 55.1 Å². The zero-order valence-electron chi connectivity index (χ0n) is 17.2. The summed E-state index contributed by atoms with van der Waals surface area (Å²) in [6.45, 7) is 2.02. The number of methoxy groups -OCH3 is 1. The number of halogens is 1. The van der Waals surface area contributed by atoms with E-state index < -0.39 is 17.5 Å². The molecule has 0 bridgehead atoms. The van der Waals surface area contributed by atoms with Crippen LogP contribution in [-0.4, -0.2) is 19.0 Å². The molecule has 1 N–H and O–H groups in total. The average Bonchev–Trinajstić information content (AvgIpc) is 3.22. The molecule has 162 valence electrons. The van der Waals surface area contributed by atoms with E-state index in [1.807, 2.05) is 37.3 Å². The fourth-order valence-corrected chi connectivity index (χ4v) is 4.81. The molecular weight excluding hydrogens is 494 g/mol. The van der Waals surface area contributed by atoms with Crippen LogP contribution in [0.3, 0.4) is 0 Å². The number of anilines is 1. The third-order valence-corrected chi connectivity index (χ3v) is 6.78. The Kier molecular flexibility index (Phi) is 6.25. The number of thiophene rings is 1. The smallest absolute Gasteiger partial charge is 0.349 e. The molecule has 0 unspecified atom stereocenters. The fourth-order valence-electron chi connectivity index (χ4n) is 3.31. The molecule has 0 radical (unpaired) electrons. The number of fused-ring (bicyclic) bond motifs is 1. The maximum atomic E-state index is 12.9. The van der Waals surface area contributed by atoms with Gasteiger partial charge in [-0.2, -0.15) is 0 Å². The maximum absolute atomic E-state index is 12.9. The minimum Gasteiger partial charge on any atom is -0.465 e. The van der Waals surface area contributed by atoms with Gasteiger partial charge < -0.3 is 14.5 Å². The second kappa shape index (κ2) is 9.10. The second-order valence-corrected chi connectivity index (χ2v) is 9.10. The predicted molar refractivity (Wildman–Crippen MR) is 128 cm³/mol. The van der Waals surface area contributed by atoms with Crippen molar-refractivity contribution in [3.63, 3.8) is 0 Å². The number of nitrogens with one attached hydrogen (secondary N) is 1. The van der Waals surface area contributed by atoms with Crippen molar-refractivity contribution in [2.75, 3.05) is 12.4 Å². The van der Waals surface area contributed by atoms with Gasteiger partial charge in [0.25, 0.3) is 5.91 Å². The van der Waals surface area contributed by atoms with E-state index in [1.54, 1.807) is 24.3 Å². The van der Waals surface area contributed by atoms with E-state index >= 15 is 0 Å². The largest absolute Gasteiger partial charge is 0.465 e. The van der Waals surface area contributed by atoms with E-state index in [-0.39, 0.29) is 17.0 Å². The molecule has 0 fully saturated rings. The lowest BCUT2D eigenvalue weighted by atomic mass is 9.99. The molecule has 0 aliphatic rings. The molecule has 1 amide bonds. The predicted octanol–water partition coefficient (Wildman–Crippen LogP) is 5.81. The van der Waals surface area contributed by atoms with E-state index in [4.69, 9.17) is 9.15 Å². The normalized spacial score (nSPS) is 11.8. The van der Waals surface area contributed by atoms with Gasteiger partial charge in [-0.3, -0.25) is 4.79 Å². The number of rotatable bonds is 5. The molecule has 1 atom stereocenters. The highest BCUT2D eigenvalue weighted by Gasteiger charge is 2.23. The standard InChI is InChI=1S/C24H18BrNO5S/c1-13(14-6-4-3-5-7-14)20-12-18(23(28)30-2)22(32-20)26-21(27)17-11-15-10-16(25)8-9-19(15)31-24(17)29/h3-13H,1-2H3,(H,26,27)/t13-/m0/s1. The van der Waals surface area contributed by atoms with E-state index in [0.29, 0.717) is 16.0 Å². The average molecular weight is 512 g/mol. The Balaban J connectivity index is 1.70. The van der Waals surface area contributed by atoms with Crippen LogP contribution in [0.1, 0.15) is 44.0 Å². The number of carbonyl (C=O) groups is 2. The van der Waals surface area contributed by atoms with Crippen molar-refractivity contribution in [3.8, 4) is 0 Å². The molecular formula is C24H18BrNO5S. The highest BCUT2D eigenvalue weighted by Crippen LogP contribution is 2.36. The molecule has 4 aromatic rings. The van der Waals surface area contributed by atoms with Gasteiger partial charge in [0.1, 0.15) is 16.1 Å². The summed E-state index contributed by atoms with van der Waals surface area (Å²) in [5, 5.41) is 3.61. The van der Waals surface area contributed by atoms with Gasteiger partial charge in [0, 0.05) is 20.7 Å². The topological polar surface area (TPSA) is 85.6 Å². The van der Waals surface area contributed by atoms with Crippen LogP contribution in [0.5, 0.6) is 0 Å². The lowest BCUT2D eigenvalue weighted by molar-refractivity contribution is 0.0602. The number of hydrogen-bond acceptors (Lipinski definition) is 6. The molecule has 0 spiro atoms. The van der Waals surface area contributed by atoms with E-state index in [0.717, 1.165) is 14.9 Å². The molecule has 4 rings (SSSR count). The first-order chi connectivity index (χ1) is 15.4. The summed E-state index contributed by atoms with van der Waals surface area (Å²) in [5.41, 5.74) is 0.768. The van der Waals surface area contributed by atoms with Gasteiger partial charge in [0.15, 0.2) is 0 Å². The molecule has 32 heavy (non-hydrogen) atoms. The number of amides is 1. The van der Waals surface area contributed by atoms with Crippen LogP contribution in [-0.2, 0) is 4.74 Å². The van der Waals surface area contributed by atoms with Crippen LogP contribution >= 0.6 is 27.3 Å². The molecule has 2 aromatic heterocycles. The lowest BCUT2D eigenvalue weighted by Gasteiger charge is -2.09. The molecule has 0 aliphatic heterocycles. The van der Waals surface area contributed by atoms with Gasteiger partial charge in [0.2, 0.25) is 0 Å². The van der Waals surface area contributed by atoms with Crippen molar-refractivity contribution in [2.45, 2.75) is 12.8 Å². The van der Waals surface area contributed by atoms with Crippen molar-refractivity contribution < 1.29 is 18.7 Å². The Morgan fingerprint density at radius 3 is 2.53 bits per heavy atom. The van der Waals surface area contributed by atoms with E-state index in [9.17, 15) is 14.4 Å². The SMILES string of the molecule is COC(=O)c1cc([C@@H](C)c2ccccc2)sc1NC(=O)c1cc2cc(Br)ccc2oc1=O. The monoisotopic (exact) mass is 511 g/mol. The third-order valence-electron chi connectivity index (χ3n) is 5.05. The number of ether oxygens (including phenoxy) is 1. The second-order valence-electron chi connectivity index (χ2n) is 7.10. The summed E-state index contributed by atoms with van der Waals surface area (Å²) in [5.74, 6) is -1.23. The van der Waals surface area contributed by atoms with Crippen LogP contribution in [0.15, 0.2) is 74.3 Å². The zero-order chi connectivity index (χ0) is 22.8. The first kappa shape index (κ1) is 22.0. The van der Waals surface area contributed by atoms with Gasteiger partial charge in [-0.15, -0.1) is 11.3 Å². The van der Waals surface area contributed by atoms with Crippen LogP contribution in [0.4, 0.5) is 5.00 Å². The highest BCUT2D eigenvalue weighted by molar-refractivity contribution is 9.10. The summed E-state index contributed by atoms with van der Waals surface area (Å²) < 4.78 is 11.0. The molecule has 0 aliphatic carbocycles. The van der Waals surface area contributed by atoms with E-state index in [1.165, 1.54) is 24.5 Å². The Morgan fingerprint density at radius 2 is 1.81 bits per heavy atom. The van der Waals surface area contributed by atoms with Gasteiger partial charge in [-0.25, -0.2) is 9.59 Å². The van der Waals surface area contributed by atoms with Crippen molar-refractivity contribution in [1.29, 1.82) is 0 Å². The van der Waals surface area contributed by atoms with Crippen LogP contribution < -0.4 is 10.9 Å². The molecule has 8 heteroatoms. The fraction of sp³-hybridized carbons (Fsp3) is 0.125. The maximum Gasteiger partial charge on any atom is 0.349 e. The zero-order valence-corrected chi connectivity index (χ0v) is 19.6. The number of carbonyl (C=O) groups excluding carboxylic acids is 2. The number of benzene rings is 2. The molecule has 6 nitrogen and oxygen atoms in total. The van der Waals surface area contributed by atoms with Crippen molar-refractivity contribution in [1.82, 2.24) is 0 Å². The highest BCUT2D eigenvalue weighted by atomic mass is 79.9. The Morgan fingerprint density at radius 1 is 1.06 bits per heavy atom. The summed E-state index contributed by atoms with van der Waals surface area (Å²) in [4.78, 5) is 38.6. The van der Waals surface area contributed by atoms with Gasteiger partial charge in [-0.1, -0.05) is 53.2 Å². The summed E-state index contributed by atoms with van der Waals surface area (Å²) in [6, 6.07) is 18.1. The van der Waals surface area contributed by atoms with E-state index in [2.05, 4.69) is 21.2 Å². The summed E-state index contributed by atoms with van der Waals surface area (Å²) in [6.07, 6.45) is 0. The first-order valence-electron chi connectivity index (χ1n) is 9.69. The molecule has 2 aromatic carbocycles. The number of hydrogen-bond donors (Lipinski definition) is 1. The quantitative estimate of drug-likeness (QED) is 0.270. The molecule has 0 saturated carbocycles. The molecule has 0 saturated heterocycles. The van der Waals surface area contributed by atoms with Crippen molar-refractivity contribution in [2.24, 2.45) is 0 Å². The summed E-state index contributed by atoms with van der Waals surface area (Å²) >= 11 is 4.63. The number of esters is 1. The minimum atomic E-state index is -0.758. The Hall–Kier alpha value is -3.23.